The molecule has 0 aromatic heterocycles. The smallest absolute Gasteiger partial charge is 0.324 e. The van der Waals surface area contributed by atoms with Gasteiger partial charge in [-0.2, -0.15) is 0 Å². The first-order valence-corrected chi connectivity index (χ1v) is 6.82. The second-order valence-corrected chi connectivity index (χ2v) is 5.00. The normalized spacial score (nSPS) is 21.5. The molecule has 1 rings (SSSR count). The van der Waals surface area contributed by atoms with Crippen molar-refractivity contribution in [2.75, 3.05) is 13.7 Å². The van der Waals surface area contributed by atoms with Gasteiger partial charge in [-0.05, 0) is 26.2 Å². The van der Waals surface area contributed by atoms with Gasteiger partial charge in [0.1, 0.15) is 0 Å². The van der Waals surface area contributed by atoms with Gasteiger partial charge in [0.05, 0.1) is 12.1 Å². The van der Waals surface area contributed by atoms with Gasteiger partial charge in [0.15, 0.2) is 0 Å². The van der Waals surface area contributed by atoms with Gasteiger partial charge in [0.2, 0.25) is 5.91 Å². The van der Waals surface area contributed by atoms with Gasteiger partial charge >= 0.3 is 12.0 Å². The molecule has 0 aliphatic carbocycles. The molecule has 0 radical (unpaired) electrons. The van der Waals surface area contributed by atoms with E-state index in [0.717, 1.165) is 6.42 Å². The second kappa shape index (κ2) is 7.84. The van der Waals surface area contributed by atoms with E-state index in [1.54, 1.807) is 7.05 Å². The second-order valence-electron chi connectivity index (χ2n) is 5.00. The maximum atomic E-state index is 11.9. The van der Waals surface area contributed by atoms with Crippen molar-refractivity contribution in [3.63, 3.8) is 0 Å². The van der Waals surface area contributed by atoms with Crippen LogP contribution in [0.3, 0.4) is 0 Å². The van der Waals surface area contributed by atoms with E-state index in [2.05, 4.69) is 5.32 Å². The number of likely N-dealkylation sites (N-methyl/N-ethyl adjacent to an activating group) is 1. The number of unbranched alkanes of at least 4 members (excludes halogenated alkanes) is 1. The molecule has 7 heteroatoms. The molecule has 0 aromatic rings. The number of aliphatic carboxylic acids is 1. The number of hydrogen-bond donors (Lipinski definition) is 2. The van der Waals surface area contributed by atoms with Crippen LogP contribution < -0.4 is 5.32 Å². The predicted octanol–water partition coefficient (Wildman–Crippen LogP) is 0.977. The molecule has 0 saturated carbocycles. The SMILES string of the molecule is CC1OCCC1N(C)C(=O)NC(=O)CCCCC(=O)O. The third-order valence-corrected chi connectivity index (χ3v) is 3.44. The molecule has 1 saturated heterocycles. The zero-order valence-electron chi connectivity index (χ0n) is 11.9. The minimum atomic E-state index is -0.878. The molecule has 2 N–H and O–H groups in total. The third kappa shape index (κ3) is 5.16. The molecule has 0 bridgehead atoms. The number of hydrogen-bond acceptors (Lipinski definition) is 4. The van der Waals surface area contributed by atoms with Crippen LogP contribution in [0.2, 0.25) is 0 Å². The van der Waals surface area contributed by atoms with Crippen molar-refractivity contribution in [2.45, 2.75) is 51.2 Å². The van der Waals surface area contributed by atoms with E-state index >= 15 is 0 Å². The first-order valence-electron chi connectivity index (χ1n) is 6.82. The highest BCUT2D eigenvalue weighted by atomic mass is 16.5. The topological polar surface area (TPSA) is 95.9 Å². The van der Waals surface area contributed by atoms with Crippen LogP contribution in [-0.2, 0) is 14.3 Å². The fourth-order valence-corrected chi connectivity index (χ4v) is 2.21. The lowest BCUT2D eigenvalue weighted by Crippen LogP contribution is -2.48. The van der Waals surface area contributed by atoms with Crippen molar-refractivity contribution in [3.8, 4) is 0 Å². The number of nitrogens with one attached hydrogen (secondary N) is 1. The number of nitrogens with zero attached hydrogens (tertiary/aromatic N) is 1. The van der Waals surface area contributed by atoms with Crippen molar-refractivity contribution in [1.82, 2.24) is 10.2 Å². The lowest BCUT2D eigenvalue weighted by Gasteiger charge is -2.26. The van der Waals surface area contributed by atoms with Crippen LogP contribution in [0.25, 0.3) is 0 Å². The summed E-state index contributed by atoms with van der Waals surface area (Å²) in [6.45, 7) is 2.52. The minimum Gasteiger partial charge on any atom is -0.481 e. The molecule has 114 valence electrons. The first kappa shape index (κ1) is 16.4. The summed E-state index contributed by atoms with van der Waals surface area (Å²) in [5.74, 6) is -1.25. The average molecular weight is 286 g/mol. The molecule has 3 amide bonds. The summed E-state index contributed by atoms with van der Waals surface area (Å²) in [6.07, 6.45) is 1.81. The van der Waals surface area contributed by atoms with Gasteiger partial charge in [0.25, 0.3) is 0 Å². The van der Waals surface area contributed by atoms with Gasteiger partial charge in [-0.3, -0.25) is 14.9 Å². The number of carbonyl (C=O) groups excluding carboxylic acids is 2. The third-order valence-electron chi connectivity index (χ3n) is 3.44. The molecule has 0 aromatic carbocycles. The van der Waals surface area contributed by atoms with E-state index < -0.39 is 12.0 Å². The summed E-state index contributed by atoms with van der Waals surface area (Å²) in [4.78, 5) is 35.2. The number of carboxylic acid groups (broad SMARTS) is 1. The molecule has 1 aliphatic rings. The molecule has 0 spiro atoms. The van der Waals surface area contributed by atoms with Crippen molar-refractivity contribution in [2.24, 2.45) is 0 Å². The molecule has 2 atom stereocenters. The van der Waals surface area contributed by atoms with Crippen LogP contribution in [0.15, 0.2) is 0 Å². The Hall–Kier alpha value is -1.63. The minimum absolute atomic E-state index is 0.0187. The molecular weight excluding hydrogens is 264 g/mol. The standard InChI is InChI=1S/C13H22N2O5/c1-9-10(7-8-20-9)15(2)13(19)14-11(16)5-3-4-6-12(17)18/h9-10H,3-8H2,1-2H3,(H,17,18)(H,14,16,19). The molecule has 2 unspecified atom stereocenters. The van der Waals surface area contributed by atoms with Gasteiger partial charge in [0, 0.05) is 26.5 Å². The van der Waals surface area contributed by atoms with Crippen molar-refractivity contribution >= 4 is 17.9 Å². The number of imide groups is 1. The fourth-order valence-electron chi connectivity index (χ4n) is 2.21. The van der Waals surface area contributed by atoms with Gasteiger partial charge < -0.3 is 14.7 Å². The number of amides is 3. The lowest BCUT2D eigenvalue weighted by molar-refractivity contribution is -0.137. The van der Waals surface area contributed by atoms with Crippen molar-refractivity contribution < 1.29 is 24.2 Å². The van der Waals surface area contributed by atoms with Crippen LogP contribution in [0.4, 0.5) is 4.79 Å². The van der Waals surface area contributed by atoms with E-state index in [1.807, 2.05) is 6.92 Å². The molecule has 7 nitrogen and oxygen atoms in total. The van der Waals surface area contributed by atoms with Crippen LogP contribution >= 0.6 is 0 Å². The molecule has 1 fully saturated rings. The van der Waals surface area contributed by atoms with Gasteiger partial charge in [-0.25, -0.2) is 4.79 Å². The maximum absolute atomic E-state index is 11.9. The van der Waals surface area contributed by atoms with Crippen LogP contribution in [-0.4, -0.2) is 53.7 Å². The van der Waals surface area contributed by atoms with Crippen LogP contribution in [0.1, 0.15) is 39.0 Å². The number of urea groups is 1. The maximum Gasteiger partial charge on any atom is 0.324 e. The van der Waals surface area contributed by atoms with Gasteiger partial charge in [-0.1, -0.05) is 0 Å². The number of carbonyl (C=O) groups is 3. The number of carboxylic acids is 1. The van der Waals surface area contributed by atoms with Crippen LogP contribution in [0, 0.1) is 0 Å². The Morgan fingerprint density at radius 2 is 1.95 bits per heavy atom. The summed E-state index contributed by atoms with van der Waals surface area (Å²) in [5.41, 5.74) is 0. The molecule has 20 heavy (non-hydrogen) atoms. The van der Waals surface area contributed by atoms with E-state index in [9.17, 15) is 14.4 Å². The Balaban J connectivity index is 2.26. The summed E-state index contributed by atoms with van der Waals surface area (Å²) in [5, 5.41) is 10.8. The van der Waals surface area contributed by atoms with Crippen LogP contribution in [0.5, 0.6) is 0 Å². The average Bonchev–Trinajstić information content (AvgIpc) is 2.79. The Morgan fingerprint density at radius 1 is 1.30 bits per heavy atom. The van der Waals surface area contributed by atoms with E-state index in [-0.39, 0.29) is 30.9 Å². The molecule has 1 heterocycles. The van der Waals surface area contributed by atoms with Crippen molar-refractivity contribution in [3.05, 3.63) is 0 Å². The predicted molar refractivity (Wildman–Crippen MR) is 71.2 cm³/mol. The number of ether oxygens (including phenoxy) is 1. The largest absolute Gasteiger partial charge is 0.481 e. The molecular formula is C13H22N2O5. The fraction of sp³-hybridized carbons (Fsp3) is 0.769. The first-order chi connectivity index (χ1) is 9.41. The number of rotatable bonds is 6. The highest BCUT2D eigenvalue weighted by Gasteiger charge is 2.31. The van der Waals surface area contributed by atoms with E-state index in [1.165, 1.54) is 4.90 Å². The quantitative estimate of drug-likeness (QED) is 0.709. The molecule has 1 aliphatic heterocycles. The van der Waals surface area contributed by atoms with Gasteiger partial charge in [-0.15, -0.1) is 0 Å². The highest BCUT2D eigenvalue weighted by molar-refractivity contribution is 5.94. The Kier molecular flexibility index (Phi) is 6.44. The zero-order chi connectivity index (χ0) is 15.1. The van der Waals surface area contributed by atoms with E-state index in [4.69, 9.17) is 9.84 Å². The Labute approximate surface area is 118 Å². The Morgan fingerprint density at radius 3 is 2.50 bits per heavy atom. The zero-order valence-corrected chi connectivity index (χ0v) is 11.9. The van der Waals surface area contributed by atoms with E-state index in [0.29, 0.717) is 19.4 Å². The summed E-state index contributed by atoms with van der Waals surface area (Å²) in [6, 6.07) is -0.453. The summed E-state index contributed by atoms with van der Waals surface area (Å²) in [7, 11) is 1.64. The highest BCUT2D eigenvalue weighted by Crippen LogP contribution is 2.18. The van der Waals surface area contributed by atoms with Crippen molar-refractivity contribution in [1.29, 1.82) is 0 Å². The summed E-state index contributed by atoms with van der Waals surface area (Å²) < 4.78 is 5.38. The monoisotopic (exact) mass is 286 g/mol. The summed E-state index contributed by atoms with van der Waals surface area (Å²) >= 11 is 0. The Bertz CT molecular complexity index is 372. The lowest BCUT2D eigenvalue weighted by atomic mass is 10.1.